The van der Waals surface area contributed by atoms with Gasteiger partial charge in [0, 0.05) is 0 Å². The average Bonchev–Trinajstić information content (AvgIpc) is 1.88. The molecular formula is C6H9CaO3P. The zero-order valence-corrected chi connectivity index (χ0v) is 8.95. The van der Waals surface area contributed by atoms with E-state index in [1.165, 1.54) is 0 Å². The Balaban J connectivity index is -0.000000333. The SMILES string of the molecule is OP(O)Oc1ccccc1.[Ca+2].[H-].[H-]. The maximum absolute atomic E-state index is 8.40. The number of rotatable bonds is 2. The van der Waals surface area contributed by atoms with Gasteiger partial charge in [0.15, 0.2) is 0 Å². The number of hydrogen-bond acceptors (Lipinski definition) is 3. The van der Waals surface area contributed by atoms with Crippen LogP contribution in [0.2, 0.25) is 0 Å². The third-order valence-electron chi connectivity index (χ3n) is 0.930. The fraction of sp³-hybridized carbons (Fsp3) is 0. The van der Waals surface area contributed by atoms with E-state index in [9.17, 15) is 0 Å². The molecule has 0 heterocycles. The molecular weight excluding hydrogens is 191 g/mol. The van der Waals surface area contributed by atoms with E-state index in [1.54, 1.807) is 24.3 Å². The monoisotopic (exact) mass is 200 g/mol. The predicted molar refractivity (Wildman–Crippen MR) is 46.4 cm³/mol. The van der Waals surface area contributed by atoms with E-state index < -0.39 is 8.60 Å². The summed E-state index contributed by atoms with van der Waals surface area (Å²) in [7, 11) is -2.28. The predicted octanol–water partition coefficient (Wildman–Crippen LogP) is 1.12. The van der Waals surface area contributed by atoms with Crippen molar-refractivity contribution in [1.82, 2.24) is 0 Å². The third kappa shape index (κ3) is 4.96. The van der Waals surface area contributed by atoms with Gasteiger partial charge in [0.05, 0.1) is 0 Å². The van der Waals surface area contributed by atoms with Crippen LogP contribution in [-0.4, -0.2) is 47.5 Å². The zero-order valence-electron chi connectivity index (χ0n) is 7.84. The van der Waals surface area contributed by atoms with Gasteiger partial charge in [-0.25, -0.2) is 0 Å². The first-order valence-electron chi connectivity index (χ1n) is 2.70. The zero-order chi connectivity index (χ0) is 7.40. The first-order chi connectivity index (χ1) is 4.79. The van der Waals surface area contributed by atoms with Gasteiger partial charge in [0.2, 0.25) is 0 Å². The normalized spacial score (nSPS) is 9.00. The molecule has 1 aromatic carbocycles. The quantitative estimate of drug-likeness (QED) is 0.555. The molecule has 0 aliphatic carbocycles. The molecule has 0 spiro atoms. The Morgan fingerprint density at radius 3 is 2.18 bits per heavy atom. The molecule has 0 radical (unpaired) electrons. The Bertz CT molecular complexity index is 200. The van der Waals surface area contributed by atoms with Crippen molar-refractivity contribution in [3.05, 3.63) is 30.3 Å². The van der Waals surface area contributed by atoms with Crippen molar-refractivity contribution in [2.75, 3.05) is 0 Å². The number of hydrogen-bond donors (Lipinski definition) is 2. The Morgan fingerprint density at radius 1 is 1.18 bits per heavy atom. The van der Waals surface area contributed by atoms with Gasteiger partial charge >= 0.3 is 46.3 Å². The van der Waals surface area contributed by atoms with E-state index >= 15 is 0 Å². The van der Waals surface area contributed by atoms with Crippen molar-refractivity contribution >= 4 is 46.3 Å². The summed E-state index contributed by atoms with van der Waals surface area (Å²) in [5, 5.41) is 0. The van der Waals surface area contributed by atoms with Crippen LogP contribution >= 0.6 is 8.60 Å². The Morgan fingerprint density at radius 2 is 1.73 bits per heavy atom. The molecule has 5 heteroatoms. The Labute approximate surface area is 99.0 Å². The molecule has 1 aromatic rings. The van der Waals surface area contributed by atoms with Crippen LogP contribution < -0.4 is 4.52 Å². The second-order valence-electron chi connectivity index (χ2n) is 1.66. The van der Waals surface area contributed by atoms with Gasteiger partial charge in [-0.15, -0.1) is 0 Å². The molecule has 3 nitrogen and oxygen atoms in total. The molecule has 0 aliphatic rings. The average molecular weight is 200 g/mol. The van der Waals surface area contributed by atoms with Crippen LogP contribution in [0.15, 0.2) is 30.3 Å². The first kappa shape index (κ1) is 11.6. The molecule has 0 saturated carbocycles. The smallest absolute Gasteiger partial charge is 1.00 e. The van der Waals surface area contributed by atoms with E-state index in [4.69, 9.17) is 9.79 Å². The Hall–Kier alpha value is 0.630. The van der Waals surface area contributed by atoms with E-state index in [0.717, 1.165) is 0 Å². The maximum Gasteiger partial charge on any atom is 2.00 e. The molecule has 0 amide bonds. The van der Waals surface area contributed by atoms with Crippen LogP contribution in [0.3, 0.4) is 0 Å². The van der Waals surface area contributed by atoms with Gasteiger partial charge in [-0.1, -0.05) is 18.2 Å². The van der Waals surface area contributed by atoms with Crippen LogP contribution in [0, 0.1) is 0 Å². The Kier molecular flexibility index (Phi) is 6.53. The van der Waals surface area contributed by atoms with Crippen molar-refractivity contribution in [3.63, 3.8) is 0 Å². The molecule has 0 saturated heterocycles. The van der Waals surface area contributed by atoms with Crippen molar-refractivity contribution in [2.24, 2.45) is 0 Å². The van der Waals surface area contributed by atoms with E-state index in [1.807, 2.05) is 6.07 Å². The standard InChI is InChI=1S/C6H7O3P.Ca.2H/c7-10(8)9-6-4-2-1-3-5-6;;;/h1-5,7-8H;;;/q;+2;2*-1. The third-order valence-corrected chi connectivity index (χ3v) is 1.30. The van der Waals surface area contributed by atoms with Crippen molar-refractivity contribution in [3.8, 4) is 5.75 Å². The summed E-state index contributed by atoms with van der Waals surface area (Å²) >= 11 is 0. The van der Waals surface area contributed by atoms with Crippen LogP contribution in [0.25, 0.3) is 0 Å². The molecule has 11 heavy (non-hydrogen) atoms. The molecule has 0 fully saturated rings. The summed E-state index contributed by atoms with van der Waals surface area (Å²) in [6, 6.07) is 8.65. The summed E-state index contributed by atoms with van der Waals surface area (Å²) in [6.07, 6.45) is 0. The first-order valence-corrected chi connectivity index (χ1v) is 3.86. The largest absolute Gasteiger partial charge is 2.00 e. The summed E-state index contributed by atoms with van der Waals surface area (Å²) in [4.78, 5) is 16.8. The van der Waals surface area contributed by atoms with Gasteiger partial charge < -0.3 is 17.2 Å². The van der Waals surface area contributed by atoms with E-state index in [2.05, 4.69) is 4.52 Å². The van der Waals surface area contributed by atoms with E-state index in [0.29, 0.717) is 5.75 Å². The van der Waals surface area contributed by atoms with Crippen LogP contribution in [0.1, 0.15) is 2.85 Å². The molecule has 1 rings (SSSR count). The summed E-state index contributed by atoms with van der Waals surface area (Å²) in [5.74, 6) is 0.471. The van der Waals surface area contributed by atoms with E-state index in [-0.39, 0.29) is 40.6 Å². The molecule has 0 bridgehead atoms. The fourth-order valence-corrected chi connectivity index (χ4v) is 0.886. The molecule has 2 N–H and O–H groups in total. The van der Waals surface area contributed by atoms with Crippen LogP contribution in [0.5, 0.6) is 5.75 Å². The maximum atomic E-state index is 8.40. The minimum atomic E-state index is -2.28. The van der Waals surface area contributed by atoms with Crippen molar-refractivity contribution in [2.45, 2.75) is 0 Å². The van der Waals surface area contributed by atoms with Crippen LogP contribution in [0.4, 0.5) is 0 Å². The molecule has 0 aromatic heterocycles. The molecule has 0 atom stereocenters. The summed E-state index contributed by atoms with van der Waals surface area (Å²) in [6.45, 7) is 0. The van der Waals surface area contributed by atoms with Gasteiger partial charge in [-0.2, -0.15) is 0 Å². The second-order valence-corrected chi connectivity index (χ2v) is 2.35. The van der Waals surface area contributed by atoms with Gasteiger partial charge in [0.1, 0.15) is 5.75 Å². The van der Waals surface area contributed by atoms with Crippen molar-refractivity contribution < 1.29 is 17.2 Å². The van der Waals surface area contributed by atoms with Gasteiger partial charge in [0.25, 0.3) is 0 Å². The number of para-hydroxylation sites is 1. The minimum Gasteiger partial charge on any atom is -1.00 e. The minimum absolute atomic E-state index is 0. The van der Waals surface area contributed by atoms with Crippen molar-refractivity contribution in [1.29, 1.82) is 0 Å². The van der Waals surface area contributed by atoms with Gasteiger partial charge in [-0.05, 0) is 12.1 Å². The topological polar surface area (TPSA) is 49.7 Å². The molecule has 0 unspecified atom stereocenters. The fourth-order valence-electron chi connectivity index (χ4n) is 0.576. The molecule has 58 valence electrons. The van der Waals surface area contributed by atoms with Gasteiger partial charge in [-0.3, -0.25) is 0 Å². The number of benzene rings is 1. The summed E-state index contributed by atoms with van der Waals surface area (Å²) in [5.41, 5.74) is 0. The second kappa shape index (κ2) is 6.18. The van der Waals surface area contributed by atoms with Crippen LogP contribution in [-0.2, 0) is 0 Å². The molecule has 0 aliphatic heterocycles. The summed E-state index contributed by atoms with van der Waals surface area (Å²) < 4.78 is 4.59.